The SMILES string of the molecule is CCCC(c1ccc(C(C)C)cc1)C(C)(C)C.CCCCc1cc(C(C)C)cc(C(C)C)c1. The van der Waals surface area contributed by atoms with Gasteiger partial charge in [0, 0.05) is 0 Å². The van der Waals surface area contributed by atoms with Crippen LogP contribution in [0.1, 0.15) is 153 Å². The molecule has 0 radical (unpaired) electrons. The minimum absolute atomic E-state index is 0.357. The molecule has 33 heavy (non-hydrogen) atoms. The lowest BCUT2D eigenvalue weighted by atomic mass is 9.74. The van der Waals surface area contributed by atoms with E-state index >= 15 is 0 Å². The Bertz CT molecular complexity index is 758. The molecule has 0 N–H and O–H groups in total. The molecule has 0 bridgehead atoms. The highest BCUT2D eigenvalue weighted by Crippen LogP contribution is 2.38. The van der Waals surface area contributed by atoms with Crippen LogP contribution in [0.3, 0.4) is 0 Å². The third-order valence-corrected chi connectivity index (χ3v) is 6.82. The van der Waals surface area contributed by atoms with Gasteiger partial charge in [-0.25, -0.2) is 0 Å². The fourth-order valence-electron chi connectivity index (χ4n) is 4.44. The second-order valence-corrected chi connectivity index (χ2v) is 11.9. The molecular formula is C33H54. The first-order valence-electron chi connectivity index (χ1n) is 13.6. The monoisotopic (exact) mass is 450 g/mol. The Morgan fingerprint density at radius 3 is 1.42 bits per heavy atom. The van der Waals surface area contributed by atoms with Crippen molar-refractivity contribution in [2.24, 2.45) is 5.41 Å². The van der Waals surface area contributed by atoms with Crippen LogP contribution in [-0.2, 0) is 6.42 Å². The largest absolute Gasteiger partial charge is 0.0654 e. The highest BCUT2D eigenvalue weighted by atomic mass is 14.3. The molecule has 0 saturated heterocycles. The highest BCUT2D eigenvalue weighted by Gasteiger charge is 2.25. The van der Waals surface area contributed by atoms with Crippen molar-refractivity contribution in [2.45, 2.75) is 132 Å². The topological polar surface area (TPSA) is 0 Å². The standard InChI is InChI=1S/C17H28.C16H26/c1-7-8-16(17(4,5)6)15-11-9-14(10-12-15)13(2)3;1-6-7-8-14-9-15(12(2)3)11-16(10-14)13(4)5/h9-13,16H,7-8H2,1-6H3;9-13H,6-8H2,1-5H3. The predicted octanol–water partition coefficient (Wildman–Crippen LogP) is 11.0. The van der Waals surface area contributed by atoms with Crippen LogP contribution < -0.4 is 0 Å². The van der Waals surface area contributed by atoms with Gasteiger partial charge in [0.1, 0.15) is 0 Å². The summed E-state index contributed by atoms with van der Waals surface area (Å²) in [5.41, 5.74) is 7.82. The van der Waals surface area contributed by atoms with Crippen LogP contribution in [0.2, 0.25) is 0 Å². The summed E-state index contributed by atoms with van der Waals surface area (Å²) >= 11 is 0. The first kappa shape index (κ1) is 29.5. The molecule has 1 unspecified atom stereocenters. The molecule has 0 heteroatoms. The molecule has 0 nitrogen and oxygen atoms in total. The maximum atomic E-state index is 2.40. The molecule has 0 aliphatic rings. The quantitative estimate of drug-likeness (QED) is 0.356. The summed E-state index contributed by atoms with van der Waals surface area (Å²) in [4.78, 5) is 0. The Labute approximate surface area is 207 Å². The van der Waals surface area contributed by atoms with E-state index in [-0.39, 0.29) is 0 Å². The Morgan fingerprint density at radius 2 is 1.06 bits per heavy atom. The van der Waals surface area contributed by atoms with Crippen LogP contribution in [0, 0.1) is 5.41 Å². The predicted molar refractivity (Wildman–Crippen MR) is 151 cm³/mol. The summed E-state index contributed by atoms with van der Waals surface area (Å²) in [5, 5.41) is 0. The molecule has 0 aromatic heterocycles. The third kappa shape index (κ3) is 10.1. The maximum absolute atomic E-state index is 2.40. The van der Waals surface area contributed by atoms with E-state index in [4.69, 9.17) is 0 Å². The van der Waals surface area contributed by atoms with Crippen molar-refractivity contribution in [2.75, 3.05) is 0 Å². The molecule has 0 aliphatic carbocycles. The average molecular weight is 451 g/mol. The number of hydrogen-bond donors (Lipinski definition) is 0. The summed E-state index contributed by atoms with van der Waals surface area (Å²) in [6, 6.07) is 16.4. The van der Waals surface area contributed by atoms with E-state index in [1.165, 1.54) is 59.9 Å². The number of hydrogen-bond acceptors (Lipinski definition) is 0. The smallest absolute Gasteiger partial charge is 0.0113 e. The van der Waals surface area contributed by atoms with Crippen LogP contribution in [0.25, 0.3) is 0 Å². The summed E-state index contributed by atoms with van der Waals surface area (Å²) < 4.78 is 0. The molecule has 2 aromatic carbocycles. The van der Waals surface area contributed by atoms with E-state index in [1.807, 2.05) is 0 Å². The summed E-state index contributed by atoms with van der Waals surface area (Å²) in [6.45, 7) is 25.2. The van der Waals surface area contributed by atoms with E-state index in [0.29, 0.717) is 29.1 Å². The molecule has 2 rings (SSSR count). The lowest BCUT2D eigenvalue weighted by molar-refractivity contribution is 0.303. The van der Waals surface area contributed by atoms with Gasteiger partial charge in [0.2, 0.25) is 0 Å². The Hall–Kier alpha value is -1.56. The van der Waals surface area contributed by atoms with Crippen molar-refractivity contribution in [1.29, 1.82) is 0 Å². The molecule has 0 spiro atoms. The van der Waals surface area contributed by atoms with E-state index in [0.717, 1.165) is 0 Å². The first-order chi connectivity index (χ1) is 15.4. The molecule has 0 amide bonds. The molecule has 1 atom stereocenters. The van der Waals surface area contributed by atoms with Gasteiger partial charge in [-0.2, -0.15) is 0 Å². The van der Waals surface area contributed by atoms with Crippen LogP contribution in [0.15, 0.2) is 42.5 Å². The molecule has 0 fully saturated rings. The summed E-state index contributed by atoms with van der Waals surface area (Å²) in [5.74, 6) is 2.58. The van der Waals surface area contributed by atoms with E-state index < -0.39 is 0 Å². The number of benzene rings is 2. The van der Waals surface area contributed by atoms with Gasteiger partial charge in [-0.1, -0.05) is 131 Å². The Kier molecular flexibility index (Phi) is 12.5. The molecule has 0 heterocycles. The van der Waals surface area contributed by atoms with Gasteiger partial charge in [0.05, 0.1) is 0 Å². The summed E-state index contributed by atoms with van der Waals surface area (Å²) in [6.07, 6.45) is 6.36. The van der Waals surface area contributed by atoms with Gasteiger partial charge in [-0.05, 0) is 76.2 Å². The minimum Gasteiger partial charge on any atom is -0.0654 e. The zero-order chi connectivity index (χ0) is 25.2. The van der Waals surface area contributed by atoms with E-state index in [2.05, 4.69) is 119 Å². The lowest BCUT2D eigenvalue weighted by Gasteiger charge is -2.31. The summed E-state index contributed by atoms with van der Waals surface area (Å²) in [7, 11) is 0. The van der Waals surface area contributed by atoms with Gasteiger partial charge >= 0.3 is 0 Å². The normalized spacial score (nSPS) is 12.8. The van der Waals surface area contributed by atoms with Crippen molar-refractivity contribution in [3.05, 3.63) is 70.3 Å². The molecule has 0 aliphatic heterocycles. The lowest BCUT2D eigenvalue weighted by Crippen LogP contribution is -2.18. The van der Waals surface area contributed by atoms with Crippen molar-refractivity contribution >= 4 is 0 Å². The molecule has 2 aromatic rings. The molecule has 186 valence electrons. The second-order valence-electron chi connectivity index (χ2n) is 11.9. The van der Waals surface area contributed by atoms with Gasteiger partial charge < -0.3 is 0 Å². The number of unbranched alkanes of at least 4 members (excludes halogenated alkanes) is 1. The third-order valence-electron chi connectivity index (χ3n) is 6.82. The maximum Gasteiger partial charge on any atom is -0.0113 e. The highest BCUT2D eigenvalue weighted by molar-refractivity contribution is 5.33. The van der Waals surface area contributed by atoms with Gasteiger partial charge in [0.25, 0.3) is 0 Å². The number of aryl methyl sites for hydroxylation is 1. The van der Waals surface area contributed by atoms with Crippen molar-refractivity contribution in [1.82, 2.24) is 0 Å². The fourth-order valence-corrected chi connectivity index (χ4v) is 4.44. The van der Waals surface area contributed by atoms with Crippen LogP contribution in [-0.4, -0.2) is 0 Å². The Morgan fingerprint density at radius 1 is 0.606 bits per heavy atom. The average Bonchev–Trinajstić information content (AvgIpc) is 2.75. The van der Waals surface area contributed by atoms with Crippen molar-refractivity contribution in [3.63, 3.8) is 0 Å². The van der Waals surface area contributed by atoms with Crippen LogP contribution >= 0.6 is 0 Å². The minimum atomic E-state index is 0.357. The van der Waals surface area contributed by atoms with Gasteiger partial charge in [-0.15, -0.1) is 0 Å². The molecule has 0 saturated carbocycles. The zero-order valence-electron chi connectivity index (χ0n) is 23.9. The first-order valence-corrected chi connectivity index (χ1v) is 13.6. The van der Waals surface area contributed by atoms with Crippen molar-refractivity contribution < 1.29 is 0 Å². The fraction of sp³-hybridized carbons (Fsp3) is 0.636. The van der Waals surface area contributed by atoms with E-state index in [9.17, 15) is 0 Å². The second kappa shape index (κ2) is 14.0. The van der Waals surface area contributed by atoms with Crippen LogP contribution in [0.4, 0.5) is 0 Å². The van der Waals surface area contributed by atoms with Crippen molar-refractivity contribution in [3.8, 4) is 0 Å². The van der Waals surface area contributed by atoms with Gasteiger partial charge in [0.15, 0.2) is 0 Å². The Balaban J connectivity index is 0.000000331. The zero-order valence-corrected chi connectivity index (χ0v) is 23.9. The van der Waals surface area contributed by atoms with Gasteiger partial charge in [-0.3, -0.25) is 0 Å². The molecular weight excluding hydrogens is 396 g/mol. The van der Waals surface area contributed by atoms with E-state index in [1.54, 1.807) is 0 Å². The van der Waals surface area contributed by atoms with Crippen LogP contribution in [0.5, 0.6) is 0 Å². The number of rotatable bonds is 9.